The highest BCUT2D eigenvalue weighted by molar-refractivity contribution is 7.94. The van der Waals surface area contributed by atoms with Crippen molar-refractivity contribution >= 4 is 12.1 Å². The molecule has 2 nitrogen and oxygen atoms in total. The third-order valence-electron chi connectivity index (χ3n) is 1.02. The smallest absolute Gasteiger partial charge is 0.0154 e. The topological polar surface area (TPSA) is 6.48 Å². The summed E-state index contributed by atoms with van der Waals surface area (Å²) in [5.74, 6) is 0. The van der Waals surface area contributed by atoms with E-state index in [1.807, 2.05) is 14.1 Å². The molecule has 0 saturated heterocycles. The predicted molar refractivity (Wildman–Crippen MR) is 44.2 cm³/mol. The van der Waals surface area contributed by atoms with Crippen LogP contribution in [-0.4, -0.2) is 35.8 Å². The van der Waals surface area contributed by atoms with Gasteiger partial charge in [-0.2, -0.15) is 0 Å². The molecule has 0 radical (unpaired) electrons. The fourth-order valence-electron chi connectivity index (χ4n) is 0.352. The van der Waals surface area contributed by atoms with Crippen LogP contribution < -0.4 is 0 Å². The Morgan fingerprint density at radius 3 is 1.67 bits per heavy atom. The first-order valence-corrected chi connectivity index (χ1v) is 3.85. The van der Waals surface area contributed by atoms with E-state index >= 15 is 0 Å². The Bertz CT molecular complexity index is 73.5. The fourth-order valence-corrected chi connectivity index (χ4v) is 1.06. The second kappa shape index (κ2) is 4.14. The number of hydrogen-bond acceptors (Lipinski definition) is 3. The molecule has 0 aliphatic rings. The van der Waals surface area contributed by atoms with Gasteiger partial charge in [0.05, 0.1) is 0 Å². The highest BCUT2D eigenvalue weighted by atomic mass is 32.2. The van der Waals surface area contributed by atoms with Gasteiger partial charge in [0.1, 0.15) is 0 Å². The lowest BCUT2D eigenvalue weighted by atomic mass is 10.4. The molecule has 0 aromatic carbocycles. The molecule has 3 heteroatoms. The van der Waals surface area contributed by atoms with Crippen LogP contribution in [-0.2, 0) is 0 Å². The zero-order chi connectivity index (χ0) is 7.44. The molecule has 0 heterocycles. The Balaban J connectivity index is 3.38. The molecule has 0 rings (SSSR count). The van der Waals surface area contributed by atoms with E-state index < -0.39 is 0 Å². The molecule has 9 heavy (non-hydrogen) atoms. The number of nitrogens with zero attached hydrogens (tertiary/aromatic N) is 2. The number of rotatable bonds is 3. The average molecular weight is 148 g/mol. The Morgan fingerprint density at radius 1 is 1.11 bits per heavy atom. The van der Waals surface area contributed by atoms with Gasteiger partial charge in [-0.1, -0.05) is 0 Å². The van der Waals surface area contributed by atoms with Crippen LogP contribution in [0.3, 0.4) is 0 Å². The van der Waals surface area contributed by atoms with Crippen LogP contribution >= 0.6 is 12.1 Å². The summed E-state index contributed by atoms with van der Waals surface area (Å²) in [4.78, 5) is 0. The molecule has 0 spiro atoms. The standard InChI is InChI=1S/C6H16N2S/c1-6(2)8(5)9-7(3)4/h6H,1-5H3. The molecule has 0 bridgehead atoms. The van der Waals surface area contributed by atoms with Crippen molar-refractivity contribution in [2.75, 3.05) is 21.1 Å². The Labute approximate surface area is 62.5 Å². The SMILES string of the molecule is CC(C)N(C)SN(C)C. The molecule has 0 unspecified atom stereocenters. The summed E-state index contributed by atoms with van der Waals surface area (Å²) in [5.41, 5.74) is 0. The van der Waals surface area contributed by atoms with Gasteiger partial charge in [0.25, 0.3) is 0 Å². The van der Waals surface area contributed by atoms with E-state index in [-0.39, 0.29) is 0 Å². The van der Waals surface area contributed by atoms with Crippen molar-refractivity contribution in [3.05, 3.63) is 0 Å². The molecule has 0 atom stereocenters. The van der Waals surface area contributed by atoms with Gasteiger partial charge in [0.15, 0.2) is 0 Å². The number of hydrogen-bond donors (Lipinski definition) is 0. The van der Waals surface area contributed by atoms with E-state index in [0.29, 0.717) is 6.04 Å². The zero-order valence-corrected chi connectivity index (χ0v) is 7.70. The van der Waals surface area contributed by atoms with Crippen molar-refractivity contribution in [1.29, 1.82) is 0 Å². The van der Waals surface area contributed by atoms with Gasteiger partial charge in [0, 0.05) is 18.2 Å². The fraction of sp³-hybridized carbons (Fsp3) is 1.00. The van der Waals surface area contributed by atoms with E-state index in [2.05, 4.69) is 29.5 Å². The van der Waals surface area contributed by atoms with Gasteiger partial charge in [-0.3, -0.25) is 0 Å². The largest absolute Gasteiger partial charge is 0.243 e. The van der Waals surface area contributed by atoms with Gasteiger partial charge in [-0.15, -0.1) is 0 Å². The van der Waals surface area contributed by atoms with Crippen molar-refractivity contribution in [2.45, 2.75) is 19.9 Å². The first-order valence-electron chi connectivity index (χ1n) is 3.12. The van der Waals surface area contributed by atoms with Crippen LogP contribution in [0.2, 0.25) is 0 Å². The van der Waals surface area contributed by atoms with Gasteiger partial charge in [-0.05, 0) is 35.0 Å². The van der Waals surface area contributed by atoms with Crippen LogP contribution in [0.1, 0.15) is 13.8 Å². The minimum atomic E-state index is 0.609. The molecule has 56 valence electrons. The lowest BCUT2D eigenvalue weighted by Crippen LogP contribution is -2.22. The molecular weight excluding hydrogens is 132 g/mol. The predicted octanol–water partition coefficient (Wildman–Crippen LogP) is 1.45. The zero-order valence-electron chi connectivity index (χ0n) is 6.88. The minimum absolute atomic E-state index is 0.609. The third-order valence-corrected chi connectivity index (χ3v) is 2.03. The van der Waals surface area contributed by atoms with Crippen molar-refractivity contribution < 1.29 is 0 Å². The first kappa shape index (κ1) is 9.27. The lowest BCUT2D eigenvalue weighted by Gasteiger charge is -2.22. The molecule has 0 fully saturated rings. The highest BCUT2D eigenvalue weighted by Crippen LogP contribution is 2.11. The monoisotopic (exact) mass is 148 g/mol. The summed E-state index contributed by atoms with van der Waals surface area (Å²) < 4.78 is 4.29. The van der Waals surface area contributed by atoms with E-state index in [1.54, 1.807) is 12.1 Å². The van der Waals surface area contributed by atoms with Gasteiger partial charge in [0.2, 0.25) is 0 Å². The summed E-state index contributed by atoms with van der Waals surface area (Å²) in [6, 6.07) is 0.609. The molecule has 0 aliphatic heterocycles. The van der Waals surface area contributed by atoms with E-state index in [1.165, 1.54) is 0 Å². The van der Waals surface area contributed by atoms with Crippen LogP contribution in [0, 0.1) is 0 Å². The maximum Gasteiger partial charge on any atom is 0.0154 e. The first-order chi connectivity index (χ1) is 4.04. The van der Waals surface area contributed by atoms with E-state index in [0.717, 1.165) is 0 Å². The Morgan fingerprint density at radius 2 is 1.56 bits per heavy atom. The van der Waals surface area contributed by atoms with Crippen LogP contribution in [0.25, 0.3) is 0 Å². The van der Waals surface area contributed by atoms with E-state index in [4.69, 9.17) is 0 Å². The average Bonchev–Trinajstić information content (AvgIpc) is 1.63. The van der Waals surface area contributed by atoms with E-state index in [9.17, 15) is 0 Å². The summed E-state index contributed by atoms with van der Waals surface area (Å²) in [6.45, 7) is 4.35. The lowest BCUT2D eigenvalue weighted by molar-refractivity contribution is 0.450. The second-order valence-corrected chi connectivity index (χ2v) is 4.00. The van der Waals surface area contributed by atoms with Gasteiger partial charge in [-0.25, -0.2) is 8.61 Å². The van der Waals surface area contributed by atoms with Crippen LogP contribution in [0.4, 0.5) is 0 Å². The summed E-state index contributed by atoms with van der Waals surface area (Å²) in [7, 11) is 6.18. The van der Waals surface area contributed by atoms with Gasteiger partial charge < -0.3 is 0 Å². The third kappa shape index (κ3) is 4.75. The van der Waals surface area contributed by atoms with Crippen molar-refractivity contribution in [1.82, 2.24) is 8.61 Å². The van der Waals surface area contributed by atoms with Crippen LogP contribution in [0.15, 0.2) is 0 Å². The maximum absolute atomic E-state index is 2.21. The van der Waals surface area contributed by atoms with Crippen molar-refractivity contribution in [2.24, 2.45) is 0 Å². The van der Waals surface area contributed by atoms with Crippen LogP contribution in [0.5, 0.6) is 0 Å². The van der Waals surface area contributed by atoms with Gasteiger partial charge >= 0.3 is 0 Å². The quantitative estimate of drug-likeness (QED) is 0.559. The highest BCUT2D eigenvalue weighted by Gasteiger charge is 2.03. The molecule has 0 aliphatic carbocycles. The minimum Gasteiger partial charge on any atom is -0.243 e. The Hall–Kier alpha value is 0.270. The second-order valence-electron chi connectivity index (χ2n) is 2.53. The molecule has 0 aromatic heterocycles. The maximum atomic E-state index is 2.21. The summed E-state index contributed by atoms with van der Waals surface area (Å²) >= 11 is 1.73. The summed E-state index contributed by atoms with van der Waals surface area (Å²) in [6.07, 6.45) is 0. The normalized spacial score (nSPS) is 12.0. The molecule has 0 amide bonds. The molecule has 0 saturated carbocycles. The summed E-state index contributed by atoms with van der Waals surface area (Å²) in [5, 5.41) is 0. The molecule has 0 aromatic rings. The molecule has 0 N–H and O–H groups in total. The Kier molecular flexibility index (Phi) is 4.27. The van der Waals surface area contributed by atoms with Crippen molar-refractivity contribution in [3.63, 3.8) is 0 Å². The van der Waals surface area contributed by atoms with Crippen molar-refractivity contribution in [3.8, 4) is 0 Å². The molecular formula is C6H16N2S.